The number of phosphoric acid groups is 1. The number of hydrogen-bond donors (Lipinski definition) is 1. The van der Waals surface area contributed by atoms with Crippen LogP contribution < -0.4 is 0 Å². The second-order valence-corrected chi connectivity index (χ2v) is 21.8. The van der Waals surface area contributed by atoms with Gasteiger partial charge in [0, 0.05) is 12.8 Å². The highest BCUT2D eigenvalue weighted by Gasteiger charge is 2.27. The lowest BCUT2D eigenvalue weighted by molar-refractivity contribution is -0.870. The van der Waals surface area contributed by atoms with E-state index in [9.17, 15) is 19.0 Å². The minimum absolute atomic E-state index is 0.0309. The number of phosphoric ester groups is 1. The van der Waals surface area contributed by atoms with Gasteiger partial charge in [0.1, 0.15) is 19.8 Å². The van der Waals surface area contributed by atoms with E-state index >= 15 is 0 Å². The number of likely N-dealkylation sites (N-methyl/N-ethyl adjacent to an activating group) is 1. The van der Waals surface area contributed by atoms with Crippen molar-refractivity contribution < 1.29 is 42.1 Å². The zero-order chi connectivity index (χ0) is 50.6. The van der Waals surface area contributed by atoms with E-state index in [2.05, 4.69) is 74.6 Å². The number of unbranched alkanes of at least 4 members (excludes halogenated alkanes) is 28. The van der Waals surface area contributed by atoms with E-state index in [0.717, 1.165) is 70.6 Å². The van der Waals surface area contributed by atoms with E-state index < -0.39 is 26.5 Å². The molecule has 2 unspecified atom stereocenters. The van der Waals surface area contributed by atoms with Gasteiger partial charge in [0.05, 0.1) is 27.7 Å². The number of rotatable bonds is 52. The minimum atomic E-state index is -4.39. The highest BCUT2D eigenvalue weighted by molar-refractivity contribution is 7.47. The first kappa shape index (κ1) is 66.7. The summed E-state index contributed by atoms with van der Waals surface area (Å²) < 4.78 is 34.6. The van der Waals surface area contributed by atoms with Gasteiger partial charge in [-0.1, -0.05) is 242 Å². The van der Waals surface area contributed by atoms with Gasteiger partial charge < -0.3 is 18.9 Å². The van der Waals surface area contributed by atoms with Crippen molar-refractivity contribution in [2.45, 2.75) is 258 Å². The lowest BCUT2D eigenvalue weighted by Gasteiger charge is -2.24. The fourth-order valence-electron chi connectivity index (χ4n) is 7.93. The molecule has 0 saturated carbocycles. The summed E-state index contributed by atoms with van der Waals surface area (Å²) in [5.41, 5.74) is 0. The van der Waals surface area contributed by atoms with Gasteiger partial charge in [0.25, 0.3) is 0 Å². The van der Waals surface area contributed by atoms with Gasteiger partial charge in [-0.3, -0.25) is 18.6 Å². The Labute approximate surface area is 426 Å². The zero-order valence-corrected chi connectivity index (χ0v) is 46.4. The van der Waals surface area contributed by atoms with E-state index in [1.807, 2.05) is 21.1 Å². The summed E-state index contributed by atoms with van der Waals surface area (Å²) in [7, 11) is 1.48. The van der Waals surface area contributed by atoms with E-state index in [0.29, 0.717) is 23.9 Å². The molecule has 69 heavy (non-hydrogen) atoms. The highest BCUT2D eigenvalue weighted by Crippen LogP contribution is 2.43. The molecule has 0 heterocycles. The van der Waals surface area contributed by atoms with Gasteiger partial charge >= 0.3 is 19.8 Å². The third-order valence-electron chi connectivity index (χ3n) is 12.3. The van der Waals surface area contributed by atoms with E-state index in [1.54, 1.807) is 0 Å². The van der Waals surface area contributed by atoms with Crippen molar-refractivity contribution in [2.24, 2.45) is 0 Å². The standard InChI is InChI=1S/C59H108NO8P/c1-6-8-10-12-14-16-18-20-22-24-26-27-28-29-30-31-32-33-34-36-38-40-42-44-46-48-50-52-59(62)68-57(56-67-69(63,64)66-54-53-60(3,4)5)55-65-58(61)51-49-47-45-43-41-39-37-35-25-23-21-19-17-15-13-11-9-7-2/h8,10,14,16,20,22,26-27,29-30,57H,6-7,9,11-13,15,17-19,21,23-25,28,31-56H2,1-5H3/p+1/b10-8-,16-14-,22-20-,27-26-,30-29-. The maximum Gasteiger partial charge on any atom is 0.472 e. The highest BCUT2D eigenvalue weighted by atomic mass is 31.2. The number of esters is 2. The summed E-state index contributed by atoms with van der Waals surface area (Å²) >= 11 is 0. The van der Waals surface area contributed by atoms with E-state index in [4.69, 9.17) is 18.5 Å². The normalized spacial score (nSPS) is 13.8. The van der Waals surface area contributed by atoms with Gasteiger partial charge in [0.15, 0.2) is 6.10 Å². The fraction of sp³-hybridized carbons (Fsp3) is 0.797. The zero-order valence-electron chi connectivity index (χ0n) is 45.5. The summed E-state index contributed by atoms with van der Waals surface area (Å²) in [6.45, 7) is 4.35. The topological polar surface area (TPSA) is 108 Å². The molecule has 402 valence electrons. The van der Waals surface area contributed by atoms with Crippen LogP contribution in [0.5, 0.6) is 0 Å². The van der Waals surface area contributed by atoms with Crippen molar-refractivity contribution in [3.05, 3.63) is 60.8 Å². The third-order valence-corrected chi connectivity index (χ3v) is 13.3. The van der Waals surface area contributed by atoms with Gasteiger partial charge in [-0.25, -0.2) is 4.57 Å². The first-order valence-electron chi connectivity index (χ1n) is 28.5. The molecule has 9 nitrogen and oxygen atoms in total. The van der Waals surface area contributed by atoms with Crippen molar-refractivity contribution in [1.82, 2.24) is 0 Å². The largest absolute Gasteiger partial charge is 0.472 e. The number of carbonyl (C=O) groups excluding carboxylic acids is 2. The van der Waals surface area contributed by atoms with Crippen molar-refractivity contribution in [3.8, 4) is 0 Å². The van der Waals surface area contributed by atoms with Crippen LogP contribution in [-0.4, -0.2) is 74.9 Å². The number of ether oxygens (including phenoxy) is 2. The van der Waals surface area contributed by atoms with Crippen molar-refractivity contribution in [1.29, 1.82) is 0 Å². The number of allylic oxidation sites excluding steroid dienone is 10. The molecule has 0 aromatic rings. The van der Waals surface area contributed by atoms with E-state index in [-0.39, 0.29) is 25.6 Å². The van der Waals surface area contributed by atoms with Crippen molar-refractivity contribution in [3.63, 3.8) is 0 Å². The van der Waals surface area contributed by atoms with Crippen LogP contribution in [0, 0.1) is 0 Å². The lowest BCUT2D eigenvalue weighted by atomic mass is 10.0. The smallest absolute Gasteiger partial charge is 0.462 e. The number of hydrogen-bond acceptors (Lipinski definition) is 7. The summed E-state index contributed by atoms with van der Waals surface area (Å²) in [5.74, 6) is -0.792. The van der Waals surface area contributed by atoms with Gasteiger partial charge in [-0.15, -0.1) is 0 Å². The SMILES string of the molecule is CC/C=C\C/C=C\C/C=C\C/C=C\C/C=C\CCCCCCCCCCCCCC(=O)OC(COC(=O)CCCCCCCCCCCCCCCCCCCC)COP(=O)(O)OCC[N+](C)(C)C. The van der Waals surface area contributed by atoms with Crippen LogP contribution in [0.2, 0.25) is 0 Å². The van der Waals surface area contributed by atoms with Crippen LogP contribution in [0.25, 0.3) is 0 Å². The summed E-state index contributed by atoms with van der Waals surface area (Å²) in [6, 6.07) is 0. The Morgan fingerprint density at radius 1 is 0.464 bits per heavy atom. The minimum Gasteiger partial charge on any atom is -0.462 e. The molecule has 0 aliphatic heterocycles. The quantitative estimate of drug-likeness (QED) is 0.0211. The molecular formula is C59H109NO8P+. The van der Waals surface area contributed by atoms with Crippen LogP contribution in [0.3, 0.4) is 0 Å². The Bertz CT molecular complexity index is 1350. The molecule has 0 aromatic heterocycles. The molecule has 0 saturated heterocycles. The molecule has 0 aromatic carbocycles. The molecular weight excluding hydrogens is 882 g/mol. The summed E-state index contributed by atoms with van der Waals surface area (Å²) in [6.07, 6.45) is 64.2. The molecule has 0 aliphatic rings. The van der Waals surface area contributed by atoms with Crippen LogP contribution in [0.1, 0.15) is 251 Å². The Kier molecular flexibility index (Phi) is 49.0. The second-order valence-electron chi connectivity index (χ2n) is 20.3. The summed E-state index contributed by atoms with van der Waals surface area (Å²) in [5, 5.41) is 0. The number of carbonyl (C=O) groups is 2. The molecule has 0 fully saturated rings. The Morgan fingerprint density at radius 2 is 0.826 bits per heavy atom. The average Bonchev–Trinajstić information content (AvgIpc) is 3.31. The molecule has 0 bridgehead atoms. The Balaban J connectivity index is 4.16. The van der Waals surface area contributed by atoms with Crippen molar-refractivity contribution >= 4 is 19.8 Å². The predicted molar refractivity (Wildman–Crippen MR) is 293 cm³/mol. The lowest BCUT2D eigenvalue weighted by Crippen LogP contribution is -2.37. The van der Waals surface area contributed by atoms with Gasteiger partial charge in [-0.05, 0) is 57.8 Å². The molecule has 0 radical (unpaired) electrons. The van der Waals surface area contributed by atoms with Crippen LogP contribution in [-0.2, 0) is 32.7 Å². The van der Waals surface area contributed by atoms with Crippen LogP contribution in [0.4, 0.5) is 0 Å². The van der Waals surface area contributed by atoms with Crippen LogP contribution in [0.15, 0.2) is 60.8 Å². The maximum atomic E-state index is 12.8. The number of nitrogens with zero attached hydrogens (tertiary/aromatic N) is 1. The maximum absolute atomic E-state index is 12.8. The molecule has 0 amide bonds. The Hall–Kier alpha value is -2.29. The molecule has 0 rings (SSSR count). The molecule has 0 aliphatic carbocycles. The average molecular weight is 991 g/mol. The van der Waals surface area contributed by atoms with Gasteiger partial charge in [0.2, 0.25) is 0 Å². The Morgan fingerprint density at radius 3 is 1.23 bits per heavy atom. The monoisotopic (exact) mass is 991 g/mol. The first-order valence-corrected chi connectivity index (χ1v) is 30.0. The number of quaternary nitrogens is 1. The second kappa shape index (κ2) is 50.6. The summed E-state index contributed by atoms with van der Waals surface area (Å²) in [4.78, 5) is 35.7. The molecule has 2 atom stereocenters. The predicted octanol–water partition coefficient (Wildman–Crippen LogP) is 17.5. The third kappa shape index (κ3) is 54.9. The van der Waals surface area contributed by atoms with E-state index in [1.165, 1.54) is 148 Å². The van der Waals surface area contributed by atoms with Crippen molar-refractivity contribution in [2.75, 3.05) is 47.5 Å². The molecule has 10 heteroatoms. The fourth-order valence-corrected chi connectivity index (χ4v) is 8.67. The first-order chi connectivity index (χ1) is 33.5. The molecule has 0 spiro atoms. The van der Waals surface area contributed by atoms with Gasteiger partial charge in [-0.2, -0.15) is 0 Å². The van der Waals surface area contributed by atoms with Crippen LogP contribution >= 0.6 is 7.82 Å². The molecule has 1 N–H and O–H groups in total.